The second kappa shape index (κ2) is 5.18. The first-order chi connectivity index (χ1) is 9.25. The highest BCUT2D eigenvalue weighted by Crippen LogP contribution is 2.45. The summed E-state index contributed by atoms with van der Waals surface area (Å²) in [6, 6.07) is 19.9. The molecule has 2 aromatic carbocycles. The van der Waals surface area contributed by atoms with Crippen molar-refractivity contribution < 1.29 is 0 Å². The van der Waals surface area contributed by atoms with Crippen molar-refractivity contribution >= 4 is 0 Å². The van der Waals surface area contributed by atoms with Gasteiger partial charge >= 0.3 is 0 Å². The maximum absolute atomic E-state index is 2.31. The van der Waals surface area contributed by atoms with Gasteiger partial charge in [0, 0.05) is 12.5 Å². The fraction of sp³-hybridized carbons (Fsp3) is 0.333. The molecule has 0 aliphatic heterocycles. The Hall–Kier alpha value is -1.60. The average molecular weight is 251 g/mol. The van der Waals surface area contributed by atoms with Crippen molar-refractivity contribution in [1.82, 2.24) is 4.90 Å². The average Bonchev–Trinajstić information content (AvgIpc) is 2.78. The molecule has 0 heterocycles. The van der Waals surface area contributed by atoms with E-state index in [0.717, 1.165) is 6.54 Å². The van der Waals surface area contributed by atoms with Gasteiger partial charge in [-0.15, -0.1) is 0 Å². The molecule has 98 valence electrons. The van der Waals surface area contributed by atoms with Crippen LogP contribution in [0.15, 0.2) is 54.6 Å². The molecule has 1 aliphatic carbocycles. The van der Waals surface area contributed by atoms with E-state index in [9.17, 15) is 0 Å². The number of hydrogen-bond acceptors (Lipinski definition) is 1. The van der Waals surface area contributed by atoms with Crippen molar-refractivity contribution in [3.63, 3.8) is 0 Å². The van der Waals surface area contributed by atoms with E-state index in [1.807, 2.05) is 0 Å². The van der Waals surface area contributed by atoms with E-state index in [1.54, 1.807) is 5.56 Å². The second-order valence-electron chi connectivity index (χ2n) is 5.79. The van der Waals surface area contributed by atoms with Crippen molar-refractivity contribution in [3.8, 4) is 0 Å². The smallest absolute Gasteiger partial charge is 0.00984 e. The zero-order valence-electron chi connectivity index (χ0n) is 11.7. The Morgan fingerprint density at radius 2 is 1.53 bits per heavy atom. The summed E-state index contributed by atoms with van der Waals surface area (Å²) in [5, 5.41) is 0. The highest BCUT2D eigenvalue weighted by atomic mass is 15.1. The normalized spacial score (nSPS) is 21.6. The molecule has 3 rings (SSSR count). The van der Waals surface area contributed by atoms with Crippen LogP contribution in [0.1, 0.15) is 34.9 Å². The lowest BCUT2D eigenvalue weighted by molar-refractivity contribution is 0.368. The van der Waals surface area contributed by atoms with Gasteiger partial charge in [-0.05, 0) is 43.1 Å². The molecule has 0 bridgehead atoms. The number of nitrogens with zero attached hydrogens (tertiary/aromatic N) is 1. The molecule has 0 saturated carbocycles. The summed E-state index contributed by atoms with van der Waals surface area (Å²) in [5.74, 6) is 1.23. The van der Waals surface area contributed by atoms with E-state index >= 15 is 0 Å². The number of hydrogen-bond donors (Lipinski definition) is 0. The van der Waals surface area contributed by atoms with Crippen LogP contribution < -0.4 is 0 Å². The van der Waals surface area contributed by atoms with Crippen LogP contribution in [0.4, 0.5) is 0 Å². The van der Waals surface area contributed by atoms with Gasteiger partial charge in [0.05, 0.1) is 0 Å². The standard InChI is InChI=1S/C18H21N/c1-19(2)13-15-12-18(14-8-4-3-5-9-14)17-11-7-6-10-16(15)17/h3-11,15,18H,12-13H2,1-2H3/t15-,18-/m0/s1. The molecule has 0 N–H and O–H groups in total. The molecular formula is C18H21N. The second-order valence-corrected chi connectivity index (χ2v) is 5.79. The van der Waals surface area contributed by atoms with Gasteiger partial charge in [-0.25, -0.2) is 0 Å². The highest BCUT2D eigenvalue weighted by Gasteiger charge is 2.31. The minimum atomic E-state index is 0.572. The first kappa shape index (κ1) is 12.4. The quantitative estimate of drug-likeness (QED) is 0.800. The molecule has 2 aromatic rings. The van der Waals surface area contributed by atoms with Crippen LogP contribution in [0.5, 0.6) is 0 Å². The van der Waals surface area contributed by atoms with Crippen LogP contribution in [-0.4, -0.2) is 25.5 Å². The third kappa shape index (κ3) is 2.43. The van der Waals surface area contributed by atoms with E-state index in [2.05, 4.69) is 73.6 Å². The number of likely N-dealkylation sites (N-methyl/N-ethyl adjacent to an activating group) is 1. The Morgan fingerprint density at radius 1 is 0.895 bits per heavy atom. The van der Waals surface area contributed by atoms with Gasteiger partial charge in [0.25, 0.3) is 0 Å². The lowest BCUT2D eigenvalue weighted by Gasteiger charge is -2.17. The molecule has 0 radical (unpaired) electrons. The molecule has 1 aliphatic rings. The van der Waals surface area contributed by atoms with Crippen LogP contribution in [0.3, 0.4) is 0 Å². The van der Waals surface area contributed by atoms with E-state index < -0.39 is 0 Å². The molecule has 0 unspecified atom stereocenters. The van der Waals surface area contributed by atoms with Crippen molar-refractivity contribution in [2.75, 3.05) is 20.6 Å². The summed E-state index contributed by atoms with van der Waals surface area (Å²) < 4.78 is 0. The van der Waals surface area contributed by atoms with E-state index in [-0.39, 0.29) is 0 Å². The minimum Gasteiger partial charge on any atom is -0.309 e. The summed E-state index contributed by atoms with van der Waals surface area (Å²) >= 11 is 0. The van der Waals surface area contributed by atoms with Crippen molar-refractivity contribution in [2.24, 2.45) is 0 Å². The summed E-state index contributed by atoms with van der Waals surface area (Å²) in [5.41, 5.74) is 4.53. The molecule has 19 heavy (non-hydrogen) atoms. The van der Waals surface area contributed by atoms with Gasteiger partial charge in [0.2, 0.25) is 0 Å². The van der Waals surface area contributed by atoms with Crippen molar-refractivity contribution in [2.45, 2.75) is 18.3 Å². The van der Waals surface area contributed by atoms with Gasteiger partial charge in [-0.2, -0.15) is 0 Å². The largest absolute Gasteiger partial charge is 0.309 e. The fourth-order valence-electron chi connectivity index (χ4n) is 3.35. The zero-order valence-corrected chi connectivity index (χ0v) is 11.7. The number of rotatable bonds is 3. The van der Waals surface area contributed by atoms with Gasteiger partial charge in [0.1, 0.15) is 0 Å². The highest BCUT2D eigenvalue weighted by molar-refractivity contribution is 5.44. The monoisotopic (exact) mass is 251 g/mol. The van der Waals surface area contributed by atoms with Crippen LogP contribution in [0, 0.1) is 0 Å². The molecule has 0 saturated heterocycles. The Kier molecular flexibility index (Phi) is 3.39. The topological polar surface area (TPSA) is 3.24 Å². The summed E-state index contributed by atoms with van der Waals surface area (Å²) in [6.07, 6.45) is 1.24. The SMILES string of the molecule is CN(C)C[C@@H]1C[C@@H](c2ccccc2)c2ccccc21. The molecule has 0 aromatic heterocycles. The summed E-state index contributed by atoms with van der Waals surface area (Å²) in [4.78, 5) is 2.30. The number of benzene rings is 2. The Bertz CT molecular complexity index is 545. The molecule has 0 amide bonds. The van der Waals surface area contributed by atoms with Crippen molar-refractivity contribution in [1.29, 1.82) is 0 Å². The predicted molar refractivity (Wildman–Crippen MR) is 80.6 cm³/mol. The van der Waals surface area contributed by atoms with Gasteiger partial charge in [-0.3, -0.25) is 0 Å². The lowest BCUT2D eigenvalue weighted by atomic mass is 9.93. The van der Waals surface area contributed by atoms with Gasteiger partial charge in [-0.1, -0.05) is 54.6 Å². The van der Waals surface area contributed by atoms with Crippen LogP contribution in [-0.2, 0) is 0 Å². The lowest BCUT2D eigenvalue weighted by Crippen LogP contribution is -2.19. The minimum absolute atomic E-state index is 0.572. The van der Waals surface area contributed by atoms with E-state index in [1.165, 1.54) is 17.5 Å². The summed E-state index contributed by atoms with van der Waals surface area (Å²) in [7, 11) is 4.33. The molecule has 0 fully saturated rings. The Balaban J connectivity index is 1.97. The Morgan fingerprint density at radius 3 is 2.21 bits per heavy atom. The molecule has 2 atom stereocenters. The Labute approximate surface area is 115 Å². The predicted octanol–water partition coefficient (Wildman–Crippen LogP) is 3.87. The summed E-state index contributed by atoms with van der Waals surface area (Å²) in [6.45, 7) is 1.14. The van der Waals surface area contributed by atoms with Crippen LogP contribution in [0.25, 0.3) is 0 Å². The molecule has 1 heteroatoms. The third-order valence-corrected chi connectivity index (χ3v) is 4.12. The number of fused-ring (bicyclic) bond motifs is 1. The fourth-order valence-corrected chi connectivity index (χ4v) is 3.35. The first-order valence-electron chi connectivity index (χ1n) is 7.04. The van der Waals surface area contributed by atoms with Crippen LogP contribution >= 0.6 is 0 Å². The third-order valence-electron chi connectivity index (χ3n) is 4.12. The van der Waals surface area contributed by atoms with Crippen molar-refractivity contribution in [3.05, 3.63) is 71.3 Å². The molecule has 0 spiro atoms. The zero-order chi connectivity index (χ0) is 13.2. The molecular weight excluding hydrogens is 230 g/mol. The van der Waals surface area contributed by atoms with Gasteiger partial charge < -0.3 is 4.90 Å². The van der Waals surface area contributed by atoms with Gasteiger partial charge in [0.15, 0.2) is 0 Å². The van der Waals surface area contributed by atoms with Crippen LogP contribution in [0.2, 0.25) is 0 Å². The maximum atomic E-state index is 2.31. The van der Waals surface area contributed by atoms with E-state index in [4.69, 9.17) is 0 Å². The van der Waals surface area contributed by atoms with E-state index in [0.29, 0.717) is 11.8 Å². The molecule has 1 nitrogen and oxygen atoms in total. The first-order valence-corrected chi connectivity index (χ1v) is 7.04. The maximum Gasteiger partial charge on any atom is 0.00984 e.